The molecule has 0 radical (unpaired) electrons. The van der Waals surface area contributed by atoms with Crippen LogP contribution in [-0.2, 0) is 4.74 Å². The first-order valence-corrected chi connectivity index (χ1v) is 11.5. The van der Waals surface area contributed by atoms with Crippen LogP contribution in [0.25, 0.3) is 17.0 Å². The highest BCUT2D eigenvalue weighted by Crippen LogP contribution is 2.38. The topological polar surface area (TPSA) is 72.7 Å². The Morgan fingerprint density at radius 2 is 2.03 bits per heavy atom. The third-order valence-electron chi connectivity index (χ3n) is 6.12. The Morgan fingerprint density at radius 3 is 2.79 bits per heavy atom. The molecule has 3 heterocycles. The first-order chi connectivity index (χ1) is 16.1. The third kappa shape index (κ3) is 4.36. The van der Waals surface area contributed by atoms with Crippen molar-refractivity contribution >= 4 is 22.9 Å². The molecule has 8 heteroatoms. The summed E-state index contributed by atoms with van der Waals surface area (Å²) in [5.41, 5.74) is 3.77. The summed E-state index contributed by atoms with van der Waals surface area (Å²) in [7, 11) is 1.66. The lowest BCUT2D eigenvalue weighted by Crippen LogP contribution is -2.48. The lowest BCUT2D eigenvalue weighted by Gasteiger charge is -2.38. The quantitative estimate of drug-likeness (QED) is 0.534. The number of ether oxygens (including phenoxy) is 2. The van der Waals surface area contributed by atoms with E-state index >= 15 is 0 Å². The molecule has 5 rings (SSSR count). The van der Waals surface area contributed by atoms with Gasteiger partial charge in [-0.2, -0.15) is 4.98 Å². The molecule has 2 unspecified atom stereocenters. The fourth-order valence-electron chi connectivity index (χ4n) is 4.38. The van der Waals surface area contributed by atoms with Gasteiger partial charge >= 0.3 is 0 Å². The number of thiocarbonyl (C=S) groups is 1. The van der Waals surface area contributed by atoms with Gasteiger partial charge in [-0.15, -0.1) is 0 Å². The van der Waals surface area contributed by atoms with E-state index in [4.69, 9.17) is 31.2 Å². The molecular weight excluding hydrogens is 436 g/mol. The van der Waals surface area contributed by atoms with Crippen molar-refractivity contribution in [1.29, 1.82) is 0 Å². The van der Waals surface area contributed by atoms with E-state index in [2.05, 4.69) is 22.3 Å². The summed E-state index contributed by atoms with van der Waals surface area (Å²) in [5, 5.41) is 8.41. The first-order valence-electron chi connectivity index (χ1n) is 11.1. The van der Waals surface area contributed by atoms with Crippen molar-refractivity contribution in [1.82, 2.24) is 20.4 Å². The van der Waals surface area contributed by atoms with Crippen LogP contribution < -0.4 is 10.1 Å². The van der Waals surface area contributed by atoms with Crippen LogP contribution >= 0.6 is 12.2 Å². The van der Waals surface area contributed by atoms with Crippen molar-refractivity contribution in [3.05, 3.63) is 71.7 Å². The SMILES string of the molecule is COc1cccc(C2NC(=S)N(CC3CCCO3)C(C)=C2c2nc(-c3ccccc3)no2)c1. The molecule has 2 aromatic carbocycles. The van der Waals surface area contributed by atoms with Crippen LogP contribution in [0.5, 0.6) is 5.75 Å². The number of hydrogen-bond acceptors (Lipinski definition) is 6. The third-order valence-corrected chi connectivity index (χ3v) is 6.46. The number of methoxy groups -OCH3 is 1. The van der Waals surface area contributed by atoms with Gasteiger partial charge in [-0.25, -0.2) is 0 Å². The fraction of sp³-hybridized carbons (Fsp3) is 0.320. The number of benzene rings is 2. The Balaban J connectivity index is 1.58. The lowest BCUT2D eigenvalue weighted by atomic mass is 9.94. The summed E-state index contributed by atoms with van der Waals surface area (Å²) in [6.45, 7) is 3.54. The average Bonchev–Trinajstić information content (AvgIpc) is 3.54. The highest BCUT2D eigenvalue weighted by Gasteiger charge is 2.35. The van der Waals surface area contributed by atoms with Gasteiger partial charge in [0.05, 0.1) is 31.4 Å². The fourth-order valence-corrected chi connectivity index (χ4v) is 4.71. The molecule has 1 aromatic heterocycles. The minimum absolute atomic E-state index is 0.150. The maximum absolute atomic E-state index is 5.88. The molecule has 33 heavy (non-hydrogen) atoms. The summed E-state index contributed by atoms with van der Waals surface area (Å²) in [5.74, 6) is 1.79. The first kappa shape index (κ1) is 21.6. The van der Waals surface area contributed by atoms with Gasteiger partial charge in [0.1, 0.15) is 5.75 Å². The van der Waals surface area contributed by atoms with Gasteiger partial charge < -0.3 is 24.2 Å². The predicted molar refractivity (Wildman–Crippen MR) is 129 cm³/mol. The Labute approximate surface area is 198 Å². The van der Waals surface area contributed by atoms with Crippen LogP contribution in [0.1, 0.15) is 37.3 Å². The molecule has 7 nitrogen and oxygen atoms in total. The number of rotatable bonds is 6. The summed E-state index contributed by atoms with van der Waals surface area (Å²) >= 11 is 5.79. The zero-order valence-corrected chi connectivity index (χ0v) is 19.5. The summed E-state index contributed by atoms with van der Waals surface area (Å²) in [4.78, 5) is 6.84. The highest BCUT2D eigenvalue weighted by molar-refractivity contribution is 7.80. The summed E-state index contributed by atoms with van der Waals surface area (Å²) in [6, 6.07) is 17.5. The monoisotopic (exact) mass is 462 g/mol. The molecule has 0 spiro atoms. The van der Waals surface area contributed by atoms with Crippen LogP contribution in [0, 0.1) is 0 Å². The van der Waals surface area contributed by atoms with Gasteiger partial charge in [0.15, 0.2) is 5.11 Å². The molecule has 170 valence electrons. The number of aromatic nitrogens is 2. The number of allylic oxidation sites excluding steroid dienone is 1. The van der Waals surface area contributed by atoms with Crippen molar-refractivity contribution in [2.45, 2.75) is 31.9 Å². The van der Waals surface area contributed by atoms with Crippen molar-refractivity contribution in [3.8, 4) is 17.1 Å². The minimum Gasteiger partial charge on any atom is -0.497 e. The molecule has 1 N–H and O–H groups in total. The molecule has 1 saturated heterocycles. The predicted octanol–water partition coefficient (Wildman–Crippen LogP) is 4.59. The van der Waals surface area contributed by atoms with Crippen LogP contribution in [0.2, 0.25) is 0 Å². The lowest BCUT2D eigenvalue weighted by molar-refractivity contribution is 0.0962. The van der Waals surface area contributed by atoms with Gasteiger partial charge in [0, 0.05) is 17.9 Å². The van der Waals surface area contributed by atoms with E-state index in [-0.39, 0.29) is 12.1 Å². The van der Waals surface area contributed by atoms with Gasteiger partial charge in [-0.1, -0.05) is 47.6 Å². The van der Waals surface area contributed by atoms with Crippen molar-refractivity contribution in [3.63, 3.8) is 0 Å². The van der Waals surface area contributed by atoms with Gasteiger partial charge in [-0.05, 0) is 49.7 Å². The number of nitrogens with one attached hydrogen (secondary N) is 1. The molecule has 0 amide bonds. The number of hydrogen-bond donors (Lipinski definition) is 1. The summed E-state index contributed by atoms with van der Waals surface area (Å²) < 4.78 is 17.1. The van der Waals surface area contributed by atoms with E-state index in [0.717, 1.165) is 47.6 Å². The molecule has 0 bridgehead atoms. The Kier molecular flexibility index (Phi) is 6.11. The molecule has 0 aliphatic carbocycles. The average molecular weight is 463 g/mol. The zero-order chi connectivity index (χ0) is 22.8. The summed E-state index contributed by atoms with van der Waals surface area (Å²) in [6.07, 6.45) is 2.25. The van der Waals surface area contributed by atoms with Gasteiger partial charge in [-0.3, -0.25) is 0 Å². The molecular formula is C25H26N4O3S. The molecule has 2 aliphatic heterocycles. The van der Waals surface area contributed by atoms with Crippen LogP contribution in [0.15, 0.2) is 64.8 Å². The van der Waals surface area contributed by atoms with Crippen LogP contribution in [0.4, 0.5) is 0 Å². The molecule has 1 fully saturated rings. The molecule has 2 aliphatic rings. The standard InChI is InChI=1S/C25H26N4O3S/c1-16-21(24-27-23(28-32-24)17-8-4-3-5-9-17)22(18-10-6-11-19(14-18)30-2)26-25(33)29(16)15-20-12-7-13-31-20/h3-6,8-11,14,20,22H,7,12-13,15H2,1-2H3,(H,26,33). The Morgan fingerprint density at radius 1 is 1.18 bits per heavy atom. The second-order valence-corrected chi connectivity index (χ2v) is 8.58. The second kappa shape index (κ2) is 9.33. The minimum atomic E-state index is -0.252. The van der Waals surface area contributed by atoms with E-state index in [0.29, 0.717) is 23.4 Å². The van der Waals surface area contributed by atoms with E-state index in [1.807, 2.05) is 54.6 Å². The van der Waals surface area contributed by atoms with Gasteiger partial charge in [0.2, 0.25) is 5.82 Å². The smallest absolute Gasteiger partial charge is 0.258 e. The highest BCUT2D eigenvalue weighted by atomic mass is 32.1. The molecule has 0 saturated carbocycles. The normalized spacial score (nSPS) is 20.8. The maximum Gasteiger partial charge on any atom is 0.258 e. The maximum atomic E-state index is 5.88. The van der Waals surface area contributed by atoms with Gasteiger partial charge in [0.25, 0.3) is 5.89 Å². The van der Waals surface area contributed by atoms with E-state index in [1.54, 1.807) is 7.11 Å². The van der Waals surface area contributed by atoms with E-state index in [1.165, 1.54) is 0 Å². The largest absolute Gasteiger partial charge is 0.497 e. The van der Waals surface area contributed by atoms with Crippen molar-refractivity contribution in [2.75, 3.05) is 20.3 Å². The van der Waals surface area contributed by atoms with Crippen molar-refractivity contribution in [2.24, 2.45) is 0 Å². The van der Waals surface area contributed by atoms with Crippen molar-refractivity contribution < 1.29 is 14.0 Å². The molecule has 3 aromatic rings. The molecule has 2 atom stereocenters. The Hall–Kier alpha value is -3.23. The van der Waals surface area contributed by atoms with Crippen LogP contribution in [0.3, 0.4) is 0 Å². The van der Waals surface area contributed by atoms with E-state index in [9.17, 15) is 0 Å². The Bertz CT molecular complexity index is 1170. The number of nitrogens with zero attached hydrogens (tertiary/aromatic N) is 3. The second-order valence-electron chi connectivity index (χ2n) is 8.19. The van der Waals surface area contributed by atoms with Crippen LogP contribution in [-0.4, -0.2) is 46.5 Å². The van der Waals surface area contributed by atoms with E-state index < -0.39 is 0 Å². The zero-order valence-electron chi connectivity index (χ0n) is 18.7.